The summed E-state index contributed by atoms with van der Waals surface area (Å²) < 4.78 is 5.59. The minimum absolute atomic E-state index is 0.0422. The average Bonchev–Trinajstić information content (AvgIpc) is 3.06. The molecule has 2 fully saturated rings. The second-order valence-electron chi connectivity index (χ2n) is 7.62. The first-order valence-electron chi connectivity index (χ1n) is 11.0. The third-order valence-electron chi connectivity index (χ3n) is 5.40. The van der Waals surface area contributed by atoms with Crippen molar-refractivity contribution in [3.05, 3.63) is 40.8 Å². The molecule has 9 heteroatoms. The Balaban J connectivity index is 1.35. The number of benzene rings is 1. The van der Waals surface area contributed by atoms with Crippen LogP contribution in [0.2, 0.25) is 0 Å². The van der Waals surface area contributed by atoms with Gasteiger partial charge in [-0.2, -0.15) is 0 Å². The summed E-state index contributed by atoms with van der Waals surface area (Å²) in [5.41, 5.74) is 0.981. The van der Waals surface area contributed by atoms with Gasteiger partial charge < -0.3 is 14.5 Å². The summed E-state index contributed by atoms with van der Waals surface area (Å²) in [5, 5.41) is 0. The maximum absolute atomic E-state index is 12.7. The number of unbranched alkanes of at least 4 members (excludes halogenated alkanes) is 2. The molecule has 0 unspecified atom stereocenters. The number of thioether (sulfide) groups is 1. The normalized spacial score (nSPS) is 17.9. The Kier molecular flexibility index (Phi) is 9.11. The van der Waals surface area contributed by atoms with Gasteiger partial charge in [0.25, 0.3) is 5.91 Å². The molecule has 2 aliphatic rings. The van der Waals surface area contributed by atoms with Crippen LogP contribution in [-0.2, 0) is 14.3 Å². The molecular formula is C23H29N3O4S2. The number of carbonyl (C=O) groups excluding carboxylic acids is 3. The first kappa shape index (κ1) is 24.3. The second-order valence-corrected chi connectivity index (χ2v) is 9.30. The number of hydrogen-bond acceptors (Lipinski definition) is 6. The van der Waals surface area contributed by atoms with E-state index in [2.05, 4.69) is 0 Å². The topological polar surface area (TPSA) is 70.2 Å². The molecule has 0 aliphatic carbocycles. The molecule has 2 saturated heterocycles. The monoisotopic (exact) mass is 475 g/mol. The van der Waals surface area contributed by atoms with Crippen molar-refractivity contribution in [3.63, 3.8) is 0 Å². The molecule has 0 bridgehead atoms. The van der Waals surface area contributed by atoms with Crippen LogP contribution in [-0.4, -0.2) is 76.3 Å². The summed E-state index contributed by atoms with van der Waals surface area (Å²) in [6.07, 6.45) is 4.46. The Morgan fingerprint density at radius 1 is 1.06 bits per heavy atom. The number of thiocarbonyl (C=S) groups is 1. The van der Waals surface area contributed by atoms with Gasteiger partial charge in [0.05, 0.1) is 11.5 Å². The minimum atomic E-state index is -0.311. The smallest absolute Gasteiger partial charge is 0.409 e. The number of ether oxygens (including phenoxy) is 1. The van der Waals surface area contributed by atoms with Gasteiger partial charge >= 0.3 is 6.09 Å². The van der Waals surface area contributed by atoms with E-state index in [9.17, 15) is 14.4 Å². The summed E-state index contributed by atoms with van der Waals surface area (Å²) in [6.45, 7) is 4.82. The molecule has 172 valence electrons. The van der Waals surface area contributed by atoms with Crippen LogP contribution in [0.5, 0.6) is 0 Å². The highest BCUT2D eigenvalue weighted by Crippen LogP contribution is 2.32. The van der Waals surface area contributed by atoms with Crippen LogP contribution in [0.25, 0.3) is 6.08 Å². The number of piperazine rings is 1. The molecule has 7 nitrogen and oxygen atoms in total. The minimum Gasteiger partial charge on any atom is -0.450 e. The van der Waals surface area contributed by atoms with Crippen molar-refractivity contribution in [2.75, 3.05) is 39.3 Å². The third-order valence-corrected chi connectivity index (χ3v) is 6.78. The summed E-state index contributed by atoms with van der Waals surface area (Å²) in [4.78, 5) is 42.6. The van der Waals surface area contributed by atoms with Gasteiger partial charge in [-0.05, 0) is 31.4 Å². The zero-order chi connectivity index (χ0) is 22.9. The molecular weight excluding hydrogens is 446 g/mol. The Labute approximate surface area is 198 Å². The number of hydrogen-bond donors (Lipinski definition) is 0. The molecule has 2 heterocycles. The zero-order valence-corrected chi connectivity index (χ0v) is 20.0. The molecule has 0 aromatic heterocycles. The summed E-state index contributed by atoms with van der Waals surface area (Å²) in [5.74, 6) is 0.0734. The Hall–Kier alpha value is -2.39. The van der Waals surface area contributed by atoms with Gasteiger partial charge in [-0.1, -0.05) is 60.7 Å². The van der Waals surface area contributed by atoms with Crippen molar-refractivity contribution in [2.45, 2.75) is 32.6 Å². The second kappa shape index (κ2) is 12.0. The quantitative estimate of drug-likeness (QED) is 0.324. The van der Waals surface area contributed by atoms with Gasteiger partial charge in [-0.25, -0.2) is 4.79 Å². The molecule has 0 N–H and O–H groups in total. The van der Waals surface area contributed by atoms with E-state index in [0.29, 0.717) is 55.0 Å². The molecule has 0 spiro atoms. The first-order chi connectivity index (χ1) is 15.5. The largest absolute Gasteiger partial charge is 0.450 e. The first-order valence-corrected chi connectivity index (χ1v) is 12.2. The number of nitrogens with zero attached hydrogens (tertiary/aromatic N) is 3. The van der Waals surface area contributed by atoms with Crippen molar-refractivity contribution in [1.29, 1.82) is 0 Å². The van der Waals surface area contributed by atoms with Gasteiger partial charge in [-0.15, -0.1) is 0 Å². The molecule has 1 aromatic carbocycles. The molecule has 0 saturated carbocycles. The van der Waals surface area contributed by atoms with Gasteiger partial charge in [0, 0.05) is 39.1 Å². The van der Waals surface area contributed by atoms with Crippen LogP contribution in [0.3, 0.4) is 0 Å². The van der Waals surface area contributed by atoms with E-state index in [0.717, 1.165) is 24.8 Å². The van der Waals surface area contributed by atoms with E-state index in [4.69, 9.17) is 17.0 Å². The van der Waals surface area contributed by atoms with Crippen LogP contribution in [0.4, 0.5) is 4.79 Å². The highest BCUT2D eigenvalue weighted by atomic mass is 32.2. The number of carbonyl (C=O) groups is 3. The third kappa shape index (κ3) is 6.56. The maximum Gasteiger partial charge on any atom is 0.409 e. The van der Waals surface area contributed by atoms with Crippen molar-refractivity contribution >= 4 is 52.3 Å². The summed E-state index contributed by atoms with van der Waals surface area (Å²) in [6, 6.07) is 9.74. The van der Waals surface area contributed by atoms with Gasteiger partial charge in [0.1, 0.15) is 4.32 Å². The maximum atomic E-state index is 12.7. The Morgan fingerprint density at radius 3 is 2.44 bits per heavy atom. The van der Waals surface area contributed by atoms with Gasteiger partial charge in [-0.3, -0.25) is 14.5 Å². The van der Waals surface area contributed by atoms with Crippen molar-refractivity contribution in [1.82, 2.24) is 14.7 Å². The van der Waals surface area contributed by atoms with E-state index in [1.54, 1.807) is 16.7 Å². The van der Waals surface area contributed by atoms with Crippen molar-refractivity contribution in [3.8, 4) is 0 Å². The molecule has 2 aliphatic heterocycles. The lowest BCUT2D eigenvalue weighted by atomic mass is 10.1. The average molecular weight is 476 g/mol. The predicted molar refractivity (Wildman–Crippen MR) is 130 cm³/mol. The predicted octanol–water partition coefficient (Wildman–Crippen LogP) is 3.75. The van der Waals surface area contributed by atoms with Crippen LogP contribution >= 0.6 is 24.0 Å². The lowest BCUT2D eigenvalue weighted by Crippen LogP contribution is -2.50. The van der Waals surface area contributed by atoms with Gasteiger partial charge in [0.2, 0.25) is 5.91 Å². The van der Waals surface area contributed by atoms with Crippen LogP contribution in [0.1, 0.15) is 38.2 Å². The highest BCUT2D eigenvalue weighted by Gasteiger charge is 2.31. The molecule has 0 atom stereocenters. The van der Waals surface area contributed by atoms with E-state index in [-0.39, 0.29) is 17.9 Å². The van der Waals surface area contributed by atoms with Crippen molar-refractivity contribution in [2.24, 2.45) is 0 Å². The summed E-state index contributed by atoms with van der Waals surface area (Å²) >= 11 is 6.73. The standard InChI is InChI=1S/C23H29N3O4S2/c1-2-30-22(29)25-15-13-24(14-16-25)20(27)11-7-4-8-12-26-21(28)19(32-23(26)31)17-18-9-5-3-6-10-18/h3,5-6,9-10,17H,2,4,7-8,11-16H2,1H3. The van der Waals surface area contributed by atoms with Gasteiger partial charge in [0.15, 0.2) is 0 Å². The van der Waals surface area contributed by atoms with E-state index < -0.39 is 0 Å². The van der Waals surface area contributed by atoms with E-state index >= 15 is 0 Å². The summed E-state index contributed by atoms with van der Waals surface area (Å²) in [7, 11) is 0. The Bertz CT molecular complexity index is 867. The fraction of sp³-hybridized carbons (Fsp3) is 0.478. The molecule has 32 heavy (non-hydrogen) atoms. The molecule has 3 rings (SSSR count). The van der Waals surface area contributed by atoms with Crippen LogP contribution in [0, 0.1) is 0 Å². The van der Waals surface area contributed by atoms with Crippen molar-refractivity contribution < 1.29 is 19.1 Å². The molecule has 0 radical (unpaired) electrons. The van der Waals surface area contributed by atoms with E-state index in [1.165, 1.54) is 11.8 Å². The highest BCUT2D eigenvalue weighted by molar-refractivity contribution is 8.26. The van der Waals surface area contributed by atoms with Crippen LogP contribution < -0.4 is 0 Å². The van der Waals surface area contributed by atoms with E-state index in [1.807, 2.05) is 41.3 Å². The van der Waals surface area contributed by atoms with Crippen LogP contribution in [0.15, 0.2) is 35.2 Å². The SMILES string of the molecule is CCOC(=O)N1CCN(C(=O)CCCCCN2C(=O)C(=Cc3ccccc3)SC2=S)CC1. The molecule has 1 aromatic rings. The Morgan fingerprint density at radius 2 is 1.75 bits per heavy atom. The molecule has 3 amide bonds. The fourth-order valence-corrected chi connectivity index (χ4v) is 4.94. The zero-order valence-electron chi connectivity index (χ0n) is 18.3. The lowest BCUT2D eigenvalue weighted by molar-refractivity contribution is -0.133. The number of amides is 3. The fourth-order valence-electron chi connectivity index (χ4n) is 3.63. The number of rotatable bonds is 8. The lowest BCUT2D eigenvalue weighted by Gasteiger charge is -2.34.